The number of rotatable bonds is 2. The number of benzene rings is 1. The first kappa shape index (κ1) is 13.9. The van der Waals surface area contributed by atoms with E-state index >= 15 is 0 Å². The highest BCUT2D eigenvalue weighted by atomic mass is 16.5. The van der Waals surface area contributed by atoms with Crippen LogP contribution in [0, 0.1) is 0 Å². The lowest BCUT2D eigenvalue weighted by Crippen LogP contribution is -2.69. The van der Waals surface area contributed by atoms with Crippen LogP contribution in [0.2, 0.25) is 0 Å². The van der Waals surface area contributed by atoms with Gasteiger partial charge in [0.05, 0.1) is 18.2 Å². The Morgan fingerprint density at radius 3 is 2.26 bits per heavy atom. The highest BCUT2D eigenvalue weighted by molar-refractivity contribution is 6.01. The zero-order chi connectivity index (χ0) is 14.3. The van der Waals surface area contributed by atoms with Gasteiger partial charge in [0.2, 0.25) is 5.91 Å². The second-order valence-corrected chi connectivity index (χ2v) is 6.13. The van der Waals surface area contributed by atoms with Gasteiger partial charge in [0, 0.05) is 12.2 Å². The summed E-state index contributed by atoms with van der Waals surface area (Å²) < 4.78 is 5.16. The molecule has 1 aromatic rings. The van der Waals surface area contributed by atoms with Crippen LogP contribution in [0.4, 0.5) is 5.69 Å². The van der Waals surface area contributed by atoms with Crippen molar-refractivity contribution in [1.82, 2.24) is 5.32 Å². The zero-order valence-corrected chi connectivity index (χ0v) is 12.3. The summed E-state index contributed by atoms with van der Waals surface area (Å²) in [7, 11) is 1.64. The Labute approximate surface area is 114 Å². The van der Waals surface area contributed by atoms with Crippen LogP contribution < -0.4 is 15.0 Å². The van der Waals surface area contributed by atoms with Gasteiger partial charge in [-0.15, -0.1) is 0 Å². The number of methoxy groups -OCH3 is 1. The molecule has 0 spiro atoms. The van der Waals surface area contributed by atoms with E-state index in [1.165, 1.54) is 0 Å². The van der Waals surface area contributed by atoms with Gasteiger partial charge in [0.1, 0.15) is 5.75 Å². The van der Waals surface area contributed by atoms with Crippen LogP contribution >= 0.6 is 0 Å². The molecule has 2 rings (SSSR count). The standard InChI is InChI=1S/C15H22N2O2/c1-14(2)10-16-15(3,4)13(18)17(14)11-6-8-12(19-5)9-7-11/h6-9,16H,10H2,1-5H3. The van der Waals surface area contributed by atoms with E-state index in [-0.39, 0.29) is 11.4 Å². The molecular formula is C15H22N2O2. The first-order chi connectivity index (χ1) is 8.78. The highest BCUT2D eigenvalue weighted by Crippen LogP contribution is 2.31. The van der Waals surface area contributed by atoms with Crippen molar-refractivity contribution in [3.05, 3.63) is 24.3 Å². The molecule has 1 saturated heterocycles. The number of anilines is 1. The number of carbonyl (C=O) groups excluding carboxylic acids is 1. The van der Waals surface area contributed by atoms with Crippen LogP contribution in [0.25, 0.3) is 0 Å². The maximum Gasteiger partial charge on any atom is 0.247 e. The van der Waals surface area contributed by atoms with E-state index < -0.39 is 5.54 Å². The predicted octanol–water partition coefficient (Wildman–Crippen LogP) is 2.19. The zero-order valence-electron chi connectivity index (χ0n) is 12.3. The summed E-state index contributed by atoms with van der Waals surface area (Å²) in [4.78, 5) is 14.5. The molecule has 0 aliphatic carbocycles. The lowest BCUT2D eigenvalue weighted by Gasteiger charge is -2.48. The molecule has 19 heavy (non-hydrogen) atoms. The van der Waals surface area contributed by atoms with Crippen molar-refractivity contribution in [2.24, 2.45) is 0 Å². The third-order valence-electron chi connectivity index (χ3n) is 3.64. The van der Waals surface area contributed by atoms with Gasteiger partial charge >= 0.3 is 0 Å². The van der Waals surface area contributed by atoms with Crippen molar-refractivity contribution in [2.45, 2.75) is 38.8 Å². The molecule has 104 valence electrons. The SMILES string of the molecule is COc1ccc(N2C(=O)C(C)(C)NCC2(C)C)cc1. The second-order valence-electron chi connectivity index (χ2n) is 6.13. The average Bonchev–Trinajstić information content (AvgIpc) is 2.36. The predicted molar refractivity (Wildman–Crippen MR) is 76.6 cm³/mol. The summed E-state index contributed by atoms with van der Waals surface area (Å²) in [5, 5.41) is 3.30. The second kappa shape index (κ2) is 4.53. The molecule has 1 fully saturated rings. The molecule has 1 aliphatic heterocycles. The Morgan fingerprint density at radius 2 is 1.74 bits per heavy atom. The van der Waals surface area contributed by atoms with Gasteiger partial charge in [-0.05, 0) is 52.0 Å². The number of amides is 1. The van der Waals surface area contributed by atoms with E-state index in [0.29, 0.717) is 0 Å². The molecule has 1 aliphatic rings. The fraction of sp³-hybridized carbons (Fsp3) is 0.533. The number of carbonyl (C=O) groups is 1. The number of piperazine rings is 1. The van der Waals surface area contributed by atoms with Crippen molar-refractivity contribution < 1.29 is 9.53 Å². The summed E-state index contributed by atoms with van der Waals surface area (Å²) in [6.45, 7) is 8.73. The summed E-state index contributed by atoms with van der Waals surface area (Å²) >= 11 is 0. The maximum atomic E-state index is 12.6. The van der Waals surface area contributed by atoms with Crippen molar-refractivity contribution in [1.29, 1.82) is 0 Å². The molecule has 0 aromatic heterocycles. The molecule has 0 atom stereocenters. The van der Waals surface area contributed by atoms with E-state index in [9.17, 15) is 4.79 Å². The van der Waals surface area contributed by atoms with E-state index in [1.54, 1.807) is 7.11 Å². The van der Waals surface area contributed by atoms with Gasteiger partial charge in [-0.1, -0.05) is 0 Å². The van der Waals surface area contributed by atoms with Gasteiger partial charge in [-0.25, -0.2) is 0 Å². The molecule has 1 aromatic carbocycles. The van der Waals surface area contributed by atoms with Crippen molar-refractivity contribution in [3.63, 3.8) is 0 Å². The summed E-state index contributed by atoms with van der Waals surface area (Å²) in [6.07, 6.45) is 0. The summed E-state index contributed by atoms with van der Waals surface area (Å²) in [5.74, 6) is 0.886. The Balaban J connectivity index is 2.40. The van der Waals surface area contributed by atoms with E-state index in [2.05, 4.69) is 19.2 Å². The lowest BCUT2D eigenvalue weighted by atomic mass is 9.90. The largest absolute Gasteiger partial charge is 0.497 e. The lowest BCUT2D eigenvalue weighted by molar-refractivity contribution is -0.126. The monoisotopic (exact) mass is 262 g/mol. The van der Waals surface area contributed by atoms with Crippen LogP contribution in [-0.4, -0.2) is 30.6 Å². The molecule has 0 saturated carbocycles. The number of ether oxygens (including phenoxy) is 1. The quantitative estimate of drug-likeness (QED) is 0.888. The highest BCUT2D eigenvalue weighted by Gasteiger charge is 2.45. The molecule has 4 heteroatoms. The smallest absolute Gasteiger partial charge is 0.247 e. The Kier molecular flexibility index (Phi) is 3.31. The molecule has 1 heterocycles. The Morgan fingerprint density at radius 1 is 1.16 bits per heavy atom. The van der Waals surface area contributed by atoms with Crippen molar-refractivity contribution in [3.8, 4) is 5.75 Å². The number of hydrogen-bond acceptors (Lipinski definition) is 3. The molecule has 4 nitrogen and oxygen atoms in total. The van der Waals surface area contributed by atoms with Gasteiger partial charge < -0.3 is 15.0 Å². The molecule has 1 amide bonds. The molecular weight excluding hydrogens is 240 g/mol. The van der Waals surface area contributed by atoms with Crippen LogP contribution in [0.1, 0.15) is 27.7 Å². The fourth-order valence-corrected chi connectivity index (χ4v) is 2.34. The number of nitrogens with one attached hydrogen (secondary N) is 1. The van der Waals surface area contributed by atoms with E-state index in [0.717, 1.165) is 18.0 Å². The third kappa shape index (κ3) is 2.45. The van der Waals surface area contributed by atoms with Gasteiger partial charge in [0.15, 0.2) is 0 Å². The average molecular weight is 262 g/mol. The minimum Gasteiger partial charge on any atom is -0.497 e. The number of nitrogens with zero attached hydrogens (tertiary/aromatic N) is 1. The number of hydrogen-bond donors (Lipinski definition) is 1. The third-order valence-corrected chi connectivity index (χ3v) is 3.64. The summed E-state index contributed by atoms with van der Waals surface area (Å²) in [6, 6.07) is 7.63. The van der Waals surface area contributed by atoms with Crippen molar-refractivity contribution >= 4 is 11.6 Å². The van der Waals surface area contributed by atoms with Crippen molar-refractivity contribution in [2.75, 3.05) is 18.6 Å². The maximum absolute atomic E-state index is 12.6. The van der Waals surface area contributed by atoms with Gasteiger partial charge in [-0.3, -0.25) is 4.79 Å². The molecule has 0 radical (unpaired) electrons. The topological polar surface area (TPSA) is 41.6 Å². The minimum atomic E-state index is -0.532. The molecule has 1 N–H and O–H groups in total. The molecule has 0 bridgehead atoms. The Hall–Kier alpha value is -1.55. The van der Waals surface area contributed by atoms with Crippen LogP contribution in [0.5, 0.6) is 5.75 Å². The van der Waals surface area contributed by atoms with Gasteiger partial charge in [0.25, 0.3) is 0 Å². The fourth-order valence-electron chi connectivity index (χ4n) is 2.34. The van der Waals surface area contributed by atoms with Crippen LogP contribution in [0.3, 0.4) is 0 Å². The van der Waals surface area contributed by atoms with E-state index in [4.69, 9.17) is 4.74 Å². The first-order valence-electron chi connectivity index (χ1n) is 6.52. The van der Waals surface area contributed by atoms with Crippen LogP contribution in [-0.2, 0) is 4.79 Å². The first-order valence-corrected chi connectivity index (χ1v) is 6.52. The summed E-state index contributed by atoms with van der Waals surface area (Å²) in [5.41, 5.74) is 0.127. The van der Waals surface area contributed by atoms with Gasteiger partial charge in [-0.2, -0.15) is 0 Å². The Bertz CT molecular complexity index is 477. The van der Waals surface area contributed by atoms with E-state index in [1.807, 2.05) is 43.0 Å². The molecule has 0 unspecified atom stereocenters. The minimum absolute atomic E-state index is 0.0916. The normalized spacial score (nSPS) is 21.3. The van der Waals surface area contributed by atoms with Crippen LogP contribution in [0.15, 0.2) is 24.3 Å².